The Bertz CT molecular complexity index is 1000. The fraction of sp³-hybridized carbons (Fsp3) is 0.560. The van der Waals surface area contributed by atoms with Crippen molar-refractivity contribution in [1.82, 2.24) is 4.90 Å². The van der Waals surface area contributed by atoms with Crippen molar-refractivity contribution in [3.63, 3.8) is 0 Å². The molecule has 0 bridgehead atoms. The number of ether oxygens (including phenoxy) is 2. The van der Waals surface area contributed by atoms with E-state index in [4.69, 9.17) is 9.47 Å². The van der Waals surface area contributed by atoms with Crippen LogP contribution in [0, 0.1) is 16.0 Å². The first-order valence-corrected chi connectivity index (χ1v) is 13.2. The molecule has 2 atom stereocenters. The van der Waals surface area contributed by atoms with Crippen LogP contribution in [-0.2, 0) is 19.1 Å². The molecule has 190 valence electrons. The molecule has 1 aromatic carbocycles. The van der Waals surface area contributed by atoms with E-state index in [0.717, 1.165) is 19.0 Å². The van der Waals surface area contributed by atoms with Crippen LogP contribution in [0.2, 0.25) is 0 Å². The van der Waals surface area contributed by atoms with Crippen molar-refractivity contribution in [3.8, 4) is 0 Å². The molecule has 0 radical (unpaired) electrons. The molecule has 9 nitrogen and oxygen atoms in total. The number of nitro benzene ring substituents is 1. The van der Waals surface area contributed by atoms with Crippen LogP contribution in [0.1, 0.15) is 51.5 Å². The van der Waals surface area contributed by atoms with Crippen molar-refractivity contribution in [3.05, 3.63) is 51.2 Å². The minimum absolute atomic E-state index is 0.116. The van der Waals surface area contributed by atoms with Gasteiger partial charge in [0.2, 0.25) is 0 Å². The number of hydrogen-bond donors (Lipinski definition) is 0. The Morgan fingerprint density at radius 3 is 2.54 bits per heavy atom. The van der Waals surface area contributed by atoms with Gasteiger partial charge < -0.3 is 9.47 Å². The molecule has 1 fully saturated rings. The van der Waals surface area contributed by atoms with E-state index >= 15 is 0 Å². The zero-order valence-electron chi connectivity index (χ0n) is 20.5. The molecule has 2 aliphatic rings. The largest absolute Gasteiger partial charge is 0.465 e. The molecule has 2 unspecified atom stereocenters. The van der Waals surface area contributed by atoms with Crippen LogP contribution in [0.15, 0.2) is 40.5 Å². The number of piperidine rings is 1. The Kier molecular flexibility index (Phi) is 9.85. The summed E-state index contributed by atoms with van der Waals surface area (Å²) < 4.78 is 10.7. The van der Waals surface area contributed by atoms with E-state index in [1.165, 1.54) is 31.4 Å². The highest BCUT2D eigenvalue weighted by Gasteiger charge is 2.43. The maximum atomic E-state index is 13.3. The van der Waals surface area contributed by atoms with Gasteiger partial charge in [-0.2, -0.15) is 0 Å². The number of benzene rings is 1. The monoisotopic (exact) mass is 503 g/mol. The molecule has 0 N–H and O–H groups in total. The third-order valence-electron chi connectivity index (χ3n) is 6.15. The minimum atomic E-state index is -0.882. The highest BCUT2D eigenvalue weighted by Crippen LogP contribution is 2.41. The second-order valence-corrected chi connectivity index (χ2v) is 9.50. The van der Waals surface area contributed by atoms with Gasteiger partial charge in [0.1, 0.15) is 5.92 Å². The van der Waals surface area contributed by atoms with Crippen LogP contribution in [0.25, 0.3) is 0 Å². The van der Waals surface area contributed by atoms with E-state index in [1.54, 1.807) is 44.7 Å². The van der Waals surface area contributed by atoms with Crippen LogP contribution in [-0.4, -0.2) is 65.4 Å². The van der Waals surface area contributed by atoms with Gasteiger partial charge in [-0.05, 0) is 52.3 Å². The summed E-state index contributed by atoms with van der Waals surface area (Å²) in [6, 6.07) is 6.05. The average Bonchev–Trinajstić information content (AvgIpc) is 2.84. The van der Waals surface area contributed by atoms with E-state index in [2.05, 4.69) is 9.89 Å². The maximum Gasteiger partial charge on any atom is 0.336 e. The lowest BCUT2D eigenvalue weighted by Gasteiger charge is -2.32. The van der Waals surface area contributed by atoms with Crippen molar-refractivity contribution < 1.29 is 24.0 Å². The van der Waals surface area contributed by atoms with E-state index < -0.39 is 28.7 Å². The standard InChI is InChI=1S/C25H33N3O6S/c1-4-33-24(29)21-17(3)26-20(15-35-16-27-12-7-6-8-13-27)23(25(30)34-5-2)22(21)18-10-9-11-19(14-18)28(31)32/h9-11,14,21-22H,4-8,12-13,15-16H2,1-3H3. The van der Waals surface area contributed by atoms with Gasteiger partial charge in [0.15, 0.2) is 0 Å². The highest BCUT2D eigenvalue weighted by atomic mass is 32.2. The number of rotatable bonds is 10. The van der Waals surface area contributed by atoms with Crippen LogP contribution in [0.3, 0.4) is 0 Å². The van der Waals surface area contributed by atoms with Crippen LogP contribution >= 0.6 is 11.8 Å². The number of likely N-dealkylation sites (tertiary alicyclic amines) is 1. The quantitative estimate of drug-likeness (QED) is 0.264. The second-order valence-electron chi connectivity index (χ2n) is 8.55. The lowest BCUT2D eigenvalue weighted by Crippen LogP contribution is -2.37. The Labute approximate surface area is 210 Å². The number of carbonyl (C=O) groups excluding carboxylic acids is 2. The summed E-state index contributed by atoms with van der Waals surface area (Å²) in [5.74, 6) is -1.49. The smallest absolute Gasteiger partial charge is 0.336 e. The predicted molar refractivity (Wildman–Crippen MR) is 135 cm³/mol. The number of hydrogen-bond acceptors (Lipinski definition) is 9. The van der Waals surface area contributed by atoms with Gasteiger partial charge >= 0.3 is 11.9 Å². The van der Waals surface area contributed by atoms with Crippen molar-refractivity contribution in [2.75, 3.05) is 37.9 Å². The molecule has 35 heavy (non-hydrogen) atoms. The average molecular weight is 504 g/mol. The lowest BCUT2D eigenvalue weighted by molar-refractivity contribution is -0.384. The number of aliphatic imine (C=N–C) groups is 1. The molecule has 1 aromatic rings. The van der Waals surface area contributed by atoms with Gasteiger partial charge in [-0.25, -0.2) is 4.79 Å². The SMILES string of the molecule is CCOC(=O)C1=C(CSCN2CCCCC2)N=C(C)C(C(=O)OCC)C1c1cccc([N+](=O)[O-])c1. The number of non-ortho nitro benzene ring substituents is 1. The summed E-state index contributed by atoms with van der Waals surface area (Å²) in [7, 11) is 0. The summed E-state index contributed by atoms with van der Waals surface area (Å²) in [6.07, 6.45) is 3.62. The number of carbonyl (C=O) groups is 2. The van der Waals surface area contributed by atoms with Crippen LogP contribution < -0.4 is 0 Å². The minimum Gasteiger partial charge on any atom is -0.465 e. The molecule has 10 heteroatoms. The Morgan fingerprint density at radius 1 is 1.17 bits per heavy atom. The molecule has 0 aliphatic carbocycles. The summed E-state index contributed by atoms with van der Waals surface area (Å²) in [5.41, 5.74) is 1.69. The van der Waals surface area contributed by atoms with E-state index in [-0.39, 0.29) is 24.5 Å². The van der Waals surface area contributed by atoms with Gasteiger partial charge in [0.25, 0.3) is 5.69 Å². The van der Waals surface area contributed by atoms with Gasteiger partial charge in [0, 0.05) is 35.4 Å². The fourth-order valence-corrected chi connectivity index (χ4v) is 5.60. The van der Waals surface area contributed by atoms with Crippen molar-refractivity contribution in [1.29, 1.82) is 0 Å². The second kappa shape index (κ2) is 12.8. The number of thioether (sulfide) groups is 1. The van der Waals surface area contributed by atoms with Gasteiger partial charge in [-0.1, -0.05) is 18.6 Å². The van der Waals surface area contributed by atoms with Crippen molar-refractivity contribution in [2.45, 2.75) is 46.0 Å². The first-order valence-electron chi connectivity index (χ1n) is 12.0. The van der Waals surface area contributed by atoms with Crippen molar-refractivity contribution >= 4 is 35.1 Å². The highest BCUT2D eigenvalue weighted by molar-refractivity contribution is 7.99. The van der Waals surface area contributed by atoms with Crippen molar-refractivity contribution in [2.24, 2.45) is 10.9 Å². The molecule has 0 saturated carbocycles. The summed E-state index contributed by atoms with van der Waals surface area (Å²) >= 11 is 1.66. The first kappa shape index (κ1) is 26.9. The number of nitro groups is 1. The van der Waals surface area contributed by atoms with E-state index in [9.17, 15) is 19.7 Å². The molecule has 0 spiro atoms. The molecule has 0 aromatic heterocycles. The molecule has 2 heterocycles. The molecular weight excluding hydrogens is 470 g/mol. The van der Waals surface area contributed by atoms with Crippen LogP contribution in [0.4, 0.5) is 5.69 Å². The zero-order valence-corrected chi connectivity index (χ0v) is 21.3. The summed E-state index contributed by atoms with van der Waals surface area (Å²) in [6.45, 7) is 7.60. The van der Waals surface area contributed by atoms with Gasteiger partial charge in [-0.3, -0.25) is 24.8 Å². The summed E-state index contributed by atoms with van der Waals surface area (Å²) in [4.78, 5) is 44.4. The Morgan fingerprint density at radius 2 is 1.89 bits per heavy atom. The lowest BCUT2D eigenvalue weighted by atomic mass is 9.75. The normalized spacial score (nSPS) is 20.8. The number of esters is 2. The zero-order chi connectivity index (χ0) is 25.4. The summed E-state index contributed by atoms with van der Waals surface area (Å²) in [5, 5.41) is 11.5. The predicted octanol–water partition coefficient (Wildman–Crippen LogP) is 4.33. The maximum absolute atomic E-state index is 13.3. The first-order chi connectivity index (χ1) is 16.9. The Hall–Kier alpha value is -2.72. The van der Waals surface area contributed by atoms with Gasteiger partial charge in [-0.15, -0.1) is 11.8 Å². The number of nitrogens with zero attached hydrogens (tertiary/aromatic N) is 3. The Balaban J connectivity index is 2.04. The van der Waals surface area contributed by atoms with E-state index in [0.29, 0.717) is 22.7 Å². The topological polar surface area (TPSA) is 111 Å². The van der Waals surface area contributed by atoms with Gasteiger partial charge in [0.05, 0.1) is 29.4 Å². The third-order valence-corrected chi connectivity index (χ3v) is 7.18. The van der Waals surface area contributed by atoms with E-state index in [1.807, 2.05) is 0 Å². The fourth-order valence-electron chi connectivity index (χ4n) is 4.58. The molecule has 2 aliphatic heterocycles. The molecular formula is C25H33N3O6S. The third kappa shape index (κ3) is 6.70. The van der Waals surface area contributed by atoms with Crippen LogP contribution in [0.5, 0.6) is 0 Å². The molecule has 3 rings (SSSR count). The molecule has 1 saturated heterocycles. The molecule has 0 amide bonds.